The van der Waals surface area contributed by atoms with E-state index in [1.54, 1.807) is 26.0 Å². The number of carbonyl (C=O) groups is 1. The van der Waals surface area contributed by atoms with Crippen LogP contribution in [0.25, 0.3) is 0 Å². The SMILES string of the molecule is Cc1ccc(S(=O)(=O)N2CCCCC2)cc1NC(=O)COc1cccc([N+](=O)[O-])c1C. The topological polar surface area (TPSA) is 119 Å². The Labute approximate surface area is 181 Å². The Morgan fingerprint density at radius 3 is 2.55 bits per heavy atom. The maximum absolute atomic E-state index is 12.9. The van der Waals surface area contributed by atoms with Crippen molar-refractivity contribution in [1.29, 1.82) is 0 Å². The monoisotopic (exact) mass is 447 g/mol. The van der Waals surface area contributed by atoms with E-state index >= 15 is 0 Å². The third kappa shape index (κ3) is 5.20. The van der Waals surface area contributed by atoms with Gasteiger partial charge in [-0.15, -0.1) is 0 Å². The Bertz CT molecular complexity index is 1090. The summed E-state index contributed by atoms with van der Waals surface area (Å²) in [4.78, 5) is 23.1. The molecule has 0 unspecified atom stereocenters. The summed E-state index contributed by atoms with van der Waals surface area (Å²) in [6, 6.07) is 9.04. The Kier molecular flexibility index (Phi) is 6.91. The van der Waals surface area contributed by atoms with Gasteiger partial charge in [-0.25, -0.2) is 8.42 Å². The molecule has 0 atom stereocenters. The zero-order valence-corrected chi connectivity index (χ0v) is 18.3. The molecule has 1 saturated heterocycles. The lowest BCUT2D eigenvalue weighted by Crippen LogP contribution is -2.35. The summed E-state index contributed by atoms with van der Waals surface area (Å²) in [5.41, 5.74) is 1.32. The lowest BCUT2D eigenvalue weighted by molar-refractivity contribution is -0.385. The summed E-state index contributed by atoms with van der Waals surface area (Å²) in [5, 5.41) is 13.7. The second-order valence-corrected chi connectivity index (χ2v) is 9.37. The number of sulfonamides is 1. The molecule has 0 radical (unpaired) electrons. The van der Waals surface area contributed by atoms with Gasteiger partial charge in [0.2, 0.25) is 10.0 Å². The third-order valence-electron chi connectivity index (χ3n) is 5.25. The highest BCUT2D eigenvalue weighted by atomic mass is 32.2. The number of aryl methyl sites for hydroxylation is 1. The number of ether oxygens (including phenoxy) is 1. The van der Waals surface area contributed by atoms with E-state index in [1.165, 1.54) is 28.6 Å². The van der Waals surface area contributed by atoms with E-state index in [0.29, 0.717) is 29.9 Å². The molecule has 9 nitrogen and oxygen atoms in total. The fraction of sp³-hybridized carbons (Fsp3) is 0.381. The fourth-order valence-electron chi connectivity index (χ4n) is 3.44. The molecule has 0 aliphatic carbocycles. The third-order valence-corrected chi connectivity index (χ3v) is 7.14. The summed E-state index contributed by atoms with van der Waals surface area (Å²) >= 11 is 0. The maximum atomic E-state index is 12.9. The van der Waals surface area contributed by atoms with Gasteiger partial charge < -0.3 is 10.1 Å². The number of nitro groups is 1. The molecule has 31 heavy (non-hydrogen) atoms. The normalized spacial score (nSPS) is 14.8. The minimum atomic E-state index is -3.62. The van der Waals surface area contributed by atoms with Gasteiger partial charge in [-0.2, -0.15) is 4.31 Å². The zero-order valence-electron chi connectivity index (χ0n) is 17.5. The maximum Gasteiger partial charge on any atom is 0.276 e. The standard InChI is InChI=1S/C21H25N3O6S/c1-15-9-10-17(31(28,29)23-11-4-3-5-12-23)13-18(15)22-21(25)14-30-20-8-6-7-19(16(20)2)24(26)27/h6-10,13H,3-5,11-12,14H2,1-2H3,(H,22,25). The largest absolute Gasteiger partial charge is 0.483 e. The number of anilines is 1. The van der Waals surface area contributed by atoms with Crippen molar-refractivity contribution in [2.45, 2.75) is 38.0 Å². The van der Waals surface area contributed by atoms with E-state index in [-0.39, 0.29) is 22.9 Å². The molecular weight excluding hydrogens is 422 g/mol. The number of nitrogens with one attached hydrogen (secondary N) is 1. The van der Waals surface area contributed by atoms with Crippen LogP contribution in [0.5, 0.6) is 5.75 Å². The average Bonchev–Trinajstić information content (AvgIpc) is 2.75. The summed E-state index contributed by atoms with van der Waals surface area (Å²) < 4.78 is 32.7. The minimum Gasteiger partial charge on any atom is -0.483 e. The number of rotatable bonds is 7. The molecule has 0 spiro atoms. The molecule has 2 aromatic rings. The van der Waals surface area contributed by atoms with E-state index in [0.717, 1.165) is 19.3 Å². The van der Waals surface area contributed by atoms with Crippen molar-refractivity contribution in [3.8, 4) is 5.75 Å². The first-order valence-electron chi connectivity index (χ1n) is 9.97. The van der Waals surface area contributed by atoms with Gasteiger partial charge in [-0.1, -0.05) is 18.6 Å². The summed E-state index contributed by atoms with van der Waals surface area (Å²) in [5.74, 6) is -0.260. The van der Waals surface area contributed by atoms with Crippen LogP contribution in [-0.2, 0) is 14.8 Å². The van der Waals surface area contributed by atoms with Crippen LogP contribution >= 0.6 is 0 Å². The van der Waals surface area contributed by atoms with Gasteiger partial charge in [0, 0.05) is 24.8 Å². The van der Waals surface area contributed by atoms with Crippen molar-refractivity contribution < 1.29 is 22.9 Å². The number of hydrogen-bond acceptors (Lipinski definition) is 6. The van der Waals surface area contributed by atoms with Crippen molar-refractivity contribution in [2.24, 2.45) is 0 Å². The van der Waals surface area contributed by atoms with Crippen molar-refractivity contribution in [1.82, 2.24) is 4.31 Å². The second-order valence-electron chi connectivity index (χ2n) is 7.44. The van der Waals surface area contributed by atoms with E-state index in [1.807, 2.05) is 0 Å². The van der Waals surface area contributed by atoms with Gasteiger partial charge in [0.05, 0.1) is 15.4 Å². The first kappa shape index (κ1) is 22.7. The summed E-state index contributed by atoms with van der Waals surface area (Å²) in [6.07, 6.45) is 2.69. The number of hydrogen-bond donors (Lipinski definition) is 1. The molecule has 1 amide bonds. The van der Waals surface area contributed by atoms with Crippen LogP contribution in [0.2, 0.25) is 0 Å². The van der Waals surface area contributed by atoms with Crippen LogP contribution in [-0.4, -0.2) is 43.2 Å². The van der Waals surface area contributed by atoms with Crippen molar-refractivity contribution >= 4 is 27.3 Å². The Morgan fingerprint density at radius 1 is 1.16 bits per heavy atom. The van der Waals surface area contributed by atoms with Crippen LogP contribution in [0.3, 0.4) is 0 Å². The molecule has 0 bridgehead atoms. The molecule has 10 heteroatoms. The Balaban J connectivity index is 1.71. The van der Waals surface area contributed by atoms with Crippen LogP contribution < -0.4 is 10.1 Å². The van der Waals surface area contributed by atoms with Crippen molar-refractivity contribution in [3.63, 3.8) is 0 Å². The van der Waals surface area contributed by atoms with Gasteiger partial charge in [0.15, 0.2) is 6.61 Å². The summed E-state index contributed by atoms with van der Waals surface area (Å²) in [7, 11) is -3.62. The van der Waals surface area contributed by atoms with Gasteiger partial charge in [-0.3, -0.25) is 14.9 Å². The van der Waals surface area contributed by atoms with E-state index < -0.39 is 20.9 Å². The van der Waals surface area contributed by atoms with Gasteiger partial charge in [-0.05, 0) is 50.5 Å². The number of benzene rings is 2. The Hall–Kier alpha value is -2.98. The number of piperidine rings is 1. The number of carbonyl (C=O) groups excluding carboxylic acids is 1. The molecule has 166 valence electrons. The Morgan fingerprint density at radius 2 is 1.87 bits per heavy atom. The van der Waals surface area contributed by atoms with Gasteiger partial charge in [0.25, 0.3) is 11.6 Å². The molecular formula is C21H25N3O6S. The van der Waals surface area contributed by atoms with Gasteiger partial charge in [0.1, 0.15) is 5.75 Å². The van der Waals surface area contributed by atoms with E-state index in [4.69, 9.17) is 4.74 Å². The molecule has 0 saturated carbocycles. The predicted molar refractivity (Wildman–Crippen MR) is 116 cm³/mol. The number of amides is 1. The van der Waals surface area contributed by atoms with Crippen LogP contribution in [0.4, 0.5) is 11.4 Å². The molecule has 1 aliphatic rings. The van der Waals surface area contributed by atoms with Crippen LogP contribution in [0.15, 0.2) is 41.3 Å². The average molecular weight is 448 g/mol. The molecule has 1 aliphatic heterocycles. The quantitative estimate of drug-likeness (QED) is 0.513. The number of nitro benzene ring substituents is 1. The minimum absolute atomic E-state index is 0.0932. The molecule has 1 fully saturated rings. The van der Waals surface area contributed by atoms with Crippen molar-refractivity contribution in [3.05, 3.63) is 57.6 Å². The van der Waals surface area contributed by atoms with Gasteiger partial charge >= 0.3 is 0 Å². The van der Waals surface area contributed by atoms with Crippen LogP contribution in [0, 0.1) is 24.0 Å². The van der Waals surface area contributed by atoms with Crippen LogP contribution in [0.1, 0.15) is 30.4 Å². The predicted octanol–water partition coefficient (Wildman–Crippen LogP) is 3.40. The van der Waals surface area contributed by atoms with Crippen molar-refractivity contribution in [2.75, 3.05) is 25.0 Å². The first-order chi connectivity index (χ1) is 14.7. The highest BCUT2D eigenvalue weighted by Crippen LogP contribution is 2.28. The molecule has 3 rings (SSSR count). The molecule has 1 heterocycles. The highest BCUT2D eigenvalue weighted by Gasteiger charge is 2.26. The molecule has 2 aromatic carbocycles. The highest BCUT2D eigenvalue weighted by molar-refractivity contribution is 7.89. The second kappa shape index (κ2) is 9.44. The smallest absolute Gasteiger partial charge is 0.276 e. The lowest BCUT2D eigenvalue weighted by Gasteiger charge is -2.26. The molecule has 0 aromatic heterocycles. The first-order valence-corrected chi connectivity index (χ1v) is 11.4. The lowest BCUT2D eigenvalue weighted by atomic mass is 10.2. The zero-order chi connectivity index (χ0) is 22.6. The fourth-order valence-corrected chi connectivity index (χ4v) is 4.98. The molecule has 1 N–H and O–H groups in total. The summed E-state index contributed by atoms with van der Waals surface area (Å²) in [6.45, 7) is 3.93. The van der Waals surface area contributed by atoms with E-state index in [9.17, 15) is 23.3 Å². The number of nitrogens with zero attached hydrogens (tertiary/aromatic N) is 2. The van der Waals surface area contributed by atoms with E-state index in [2.05, 4.69) is 5.32 Å².